The Labute approximate surface area is 472 Å². The molecule has 0 aromatic carbocycles. The zero-order valence-corrected chi connectivity index (χ0v) is 48.9. The van der Waals surface area contributed by atoms with Gasteiger partial charge in [0.2, 0.25) is 0 Å². The lowest BCUT2D eigenvalue weighted by Gasteiger charge is -2.21. The van der Waals surface area contributed by atoms with Crippen LogP contribution in [0.15, 0.2) is 170 Å². The van der Waals surface area contributed by atoms with Crippen LogP contribution in [-0.4, -0.2) is 66.5 Å². The number of rotatable bonds is 51. The molecule has 12 heteroatoms. The monoisotopic (exact) mass is 1100 g/mol. The highest BCUT2D eigenvalue weighted by molar-refractivity contribution is 7.47. The molecule has 436 valence electrons. The van der Waals surface area contributed by atoms with E-state index in [-0.39, 0.29) is 19.3 Å². The van der Waals surface area contributed by atoms with Gasteiger partial charge in [-0.3, -0.25) is 23.4 Å². The van der Waals surface area contributed by atoms with E-state index in [4.69, 9.17) is 23.3 Å². The van der Waals surface area contributed by atoms with Crippen LogP contribution in [0.25, 0.3) is 0 Å². The summed E-state index contributed by atoms with van der Waals surface area (Å²) in [6, 6.07) is 0. The second kappa shape index (κ2) is 58.0. The minimum Gasteiger partial charge on any atom is -0.462 e. The fraction of sp³-hybridized carbons (Fsp3) is 0.530. The van der Waals surface area contributed by atoms with Crippen molar-refractivity contribution in [2.45, 2.75) is 200 Å². The highest BCUT2D eigenvalue weighted by Crippen LogP contribution is 2.43. The van der Waals surface area contributed by atoms with Crippen LogP contribution in [0.2, 0.25) is 0 Å². The van der Waals surface area contributed by atoms with E-state index >= 15 is 0 Å². The molecular weight excluding hydrogens is 1000 g/mol. The van der Waals surface area contributed by atoms with E-state index in [1.54, 1.807) is 0 Å². The molecule has 0 rings (SSSR count). The summed E-state index contributed by atoms with van der Waals surface area (Å²) in [7, 11) is -4.81. The van der Waals surface area contributed by atoms with Crippen molar-refractivity contribution in [2.75, 3.05) is 26.4 Å². The number of hydrogen-bond donors (Lipinski definition) is 2. The summed E-state index contributed by atoms with van der Waals surface area (Å²) in [5.41, 5.74) is 0. The minimum absolute atomic E-state index is 0.0232. The standard InChI is InChI=1S/C66H101O11P/c1-4-7-10-13-16-19-22-25-27-29-31-33-35-38-41-44-47-50-53-56-65(69)76-62(58-67)60-74-78(71,72)75-61-63(59-73-64(68)55-52-49-46-43-40-37-24-21-18-15-12-9-6-3)77-66(70)57-54-51-48-45-42-39-36-34-32-30-28-26-23-20-17-14-11-8-5-2/h7-8,10-12,15-17,19-21,24-28,31-34,38-39,41-42,47-48,50-51,62-63,67H,4-6,9,13-14,18,22-23,29-30,35-37,40,43-46,49,52-61H2,1-3H3,(H,71,72)/b10-7-,11-8-,15-12-,19-16-,20-17-,24-21-,27-25-,28-26-,33-31-,34-32-,41-38-,42-39-,50-47-,51-48-. The van der Waals surface area contributed by atoms with Crippen LogP contribution in [0.4, 0.5) is 0 Å². The van der Waals surface area contributed by atoms with Gasteiger partial charge in [0.15, 0.2) is 6.10 Å². The number of aliphatic hydroxyl groups excluding tert-OH is 1. The summed E-state index contributed by atoms with van der Waals surface area (Å²) < 4.78 is 39.3. The summed E-state index contributed by atoms with van der Waals surface area (Å²) in [6.07, 6.45) is 77.7. The molecule has 0 heterocycles. The van der Waals surface area contributed by atoms with Crippen molar-refractivity contribution < 1.29 is 52.2 Å². The molecule has 0 amide bonds. The smallest absolute Gasteiger partial charge is 0.462 e. The molecule has 0 aliphatic carbocycles. The van der Waals surface area contributed by atoms with Gasteiger partial charge in [0.05, 0.1) is 19.8 Å². The van der Waals surface area contributed by atoms with Crippen LogP contribution < -0.4 is 0 Å². The number of phosphoric ester groups is 1. The van der Waals surface area contributed by atoms with E-state index in [9.17, 15) is 28.9 Å². The van der Waals surface area contributed by atoms with Crippen LogP contribution in [0.3, 0.4) is 0 Å². The van der Waals surface area contributed by atoms with Crippen molar-refractivity contribution in [3.63, 3.8) is 0 Å². The first-order valence-corrected chi connectivity index (χ1v) is 30.5. The van der Waals surface area contributed by atoms with Crippen LogP contribution in [0.5, 0.6) is 0 Å². The van der Waals surface area contributed by atoms with Gasteiger partial charge in [-0.25, -0.2) is 4.57 Å². The summed E-state index contributed by atoms with van der Waals surface area (Å²) >= 11 is 0. The van der Waals surface area contributed by atoms with Crippen LogP contribution in [0, 0.1) is 0 Å². The molecule has 0 saturated carbocycles. The molecular formula is C66H101O11P. The molecule has 2 N–H and O–H groups in total. The van der Waals surface area contributed by atoms with E-state index in [1.807, 2.05) is 30.4 Å². The van der Waals surface area contributed by atoms with Crippen molar-refractivity contribution in [2.24, 2.45) is 0 Å². The molecule has 3 unspecified atom stereocenters. The predicted octanol–water partition coefficient (Wildman–Crippen LogP) is 17.5. The molecule has 11 nitrogen and oxygen atoms in total. The SMILES string of the molecule is CC/C=C\C/C=C\C/C=C\C/C=C\C/C=C\C/C=C\CCC(=O)OC(CO)COP(=O)(O)OCC(COC(=O)CCCCCCC/C=C\C/C=C\CCC)OC(=O)CC/C=C\C/C=C\C/C=C\C/C=C\C/C=C\C/C=C\CC. The minimum atomic E-state index is -4.81. The van der Waals surface area contributed by atoms with Gasteiger partial charge in [-0.15, -0.1) is 0 Å². The van der Waals surface area contributed by atoms with Crippen molar-refractivity contribution in [3.05, 3.63) is 170 Å². The summed E-state index contributed by atoms with van der Waals surface area (Å²) in [6.45, 7) is 4.13. The first kappa shape index (κ1) is 72.8. The Morgan fingerprint density at radius 2 is 0.692 bits per heavy atom. The number of phosphoric acid groups is 1. The quantitative estimate of drug-likeness (QED) is 0.0197. The molecule has 0 radical (unpaired) electrons. The maximum absolute atomic E-state index is 12.9. The lowest BCUT2D eigenvalue weighted by molar-refractivity contribution is -0.161. The summed E-state index contributed by atoms with van der Waals surface area (Å²) in [4.78, 5) is 48.5. The number of ether oxygens (including phenoxy) is 3. The first-order valence-electron chi connectivity index (χ1n) is 29.0. The van der Waals surface area contributed by atoms with E-state index in [2.05, 4.69) is 161 Å². The fourth-order valence-electron chi connectivity index (χ4n) is 6.80. The Balaban J connectivity index is 4.92. The molecule has 0 bridgehead atoms. The normalized spacial score (nSPS) is 14.6. The van der Waals surface area contributed by atoms with E-state index in [1.165, 1.54) is 0 Å². The second-order valence-electron chi connectivity index (χ2n) is 18.3. The number of carbonyl (C=O) groups is 3. The first-order chi connectivity index (χ1) is 38.2. The number of aliphatic hydroxyl groups is 1. The Bertz CT molecular complexity index is 1960. The van der Waals surface area contributed by atoms with Crippen molar-refractivity contribution >= 4 is 25.7 Å². The van der Waals surface area contributed by atoms with Crippen LogP contribution in [-0.2, 0) is 42.2 Å². The largest absolute Gasteiger partial charge is 0.472 e. The van der Waals surface area contributed by atoms with Crippen LogP contribution in [0.1, 0.15) is 188 Å². The Morgan fingerprint density at radius 3 is 1.08 bits per heavy atom. The van der Waals surface area contributed by atoms with Crippen molar-refractivity contribution in [3.8, 4) is 0 Å². The number of esters is 3. The third-order valence-corrected chi connectivity index (χ3v) is 12.1. The number of allylic oxidation sites excluding steroid dienone is 28. The van der Waals surface area contributed by atoms with Crippen LogP contribution >= 0.6 is 7.82 Å². The summed E-state index contributed by atoms with van der Waals surface area (Å²) in [5.74, 6) is -1.70. The van der Waals surface area contributed by atoms with Gasteiger partial charge < -0.3 is 24.2 Å². The Hall–Kier alpha value is -5.16. The van der Waals surface area contributed by atoms with Gasteiger partial charge in [0.25, 0.3) is 0 Å². The van der Waals surface area contributed by atoms with Gasteiger partial charge in [-0.2, -0.15) is 0 Å². The zero-order valence-electron chi connectivity index (χ0n) is 48.0. The van der Waals surface area contributed by atoms with E-state index in [0.29, 0.717) is 32.1 Å². The number of hydrogen-bond acceptors (Lipinski definition) is 10. The average Bonchev–Trinajstić information content (AvgIpc) is 3.43. The molecule has 0 aromatic rings. The van der Waals surface area contributed by atoms with E-state index in [0.717, 1.165) is 116 Å². The van der Waals surface area contributed by atoms with Gasteiger partial charge in [0, 0.05) is 19.3 Å². The lowest BCUT2D eigenvalue weighted by Crippen LogP contribution is -2.30. The number of carbonyl (C=O) groups excluding carboxylic acids is 3. The van der Waals surface area contributed by atoms with E-state index < -0.39 is 64.4 Å². The third-order valence-electron chi connectivity index (χ3n) is 11.1. The van der Waals surface area contributed by atoms with Gasteiger partial charge in [0.1, 0.15) is 12.7 Å². The molecule has 0 aliphatic rings. The highest BCUT2D eigenvalue weighted by Gasteiger charge is 2.28. The van der Waals surface area contributed by atoms with Gasteiger partial charge in [-0.05, 0) is 122 Å². The zero-order chi connectivity index (χ0) is 56.9. The molecule has 0 fully saturated rings. The maximum Gasteiger partial charge on any atom is 0.472 e. The Morgan fingerprint density at radius 1 is 0.372 bits per heavy atom. The van der Waals surface area contributed by atoms with Gasteiger partial charge in [-0.1, -0.05) is 217 Å². The molecule has 3 atom stereocenters. The molecule has 0 saturated heterocycles. The van der Waals surface area contributed by atoms with Gasteiger partial charge >= 0.3 is 25.7 Å². The maximum atomic E-state index is 12.9. The molecule has 78 heavy (non-hydrogen) atoms. The second-order valence-corrected chi connectivity index (χ2v) is 19.8. The average molecular weight is 1100 g/mol. The van der Waals surface area contributed by atoms with Crippen molar-refractivity contribution in [1.29, 1.82) is 0 Å². The van der Waals surface area contributed by atoms with Crippen molar-refractivity contribution in [1.82, 2.24) is 0 Å². The predicted molar refractivity (Wildman–Crippen MR) is 325 cm³/mol. The molecule has 0 aromatic heterocycles. The third kappa shape index (κ3) is 55.6. The summed E-state index contributed by atoms with van der Waals surface area (Å²) in [5, 5.41) is 9.81. The highest BCUT2D eigenvalue weighted by atomic mass is 31.2. The topological polar surface area (TPSA) is 155 Å². The molecule has 0 aliphatic heterocycles. The molecule has 0 spiro atoms. The lowest BCUT2D eigenvalue weighted by atomic mass is 10.1. The number of unbranched alkanes of at least 4 members (excludes halogenated alkanes) is 6. The Kier molecular flexibility index (Phi) is 54.2. The fourth-order valence-corrected chi connectivity index (χ4v) is 7.58.